The first-order chi connectivity index (χ1) is 11.7. The molecule has 0 aliphatic carbocycles. The van der Waals surface area contributed by atoms with Gasteiger partial charge in [-0.05, 0) is 36.1 Å². The number of nitrogens with one attached hydrogen (secondary N) is 1. The molecule has 24 heavy (non-hydrogen) atoms. The zero-order chi connectivity index (χ0) is 16.8. The first-order valence-electron chi connectivity index (χ1n) is 8.29. The van der Waals surface area contributed by atoms with Crippen LogP contribution >= 0.6 is 0 Å². The minimum atomic E-state index is -0.494. The molecule has 2 aromatic rings. The summed E-state index contributed by atoms with van der Waals surface area (Å²) in [7, 11) is 1.64. The smallest absolute Gasteiger partial charge is 0.231 e. The number of amides is 1. The van der Waals surface area contributed by atoms with Crippen molar-refractivity contribution in [3.05, 3.63) is 65.7 Å². The highest BCUT2D eigenvalue weighted by Crippen LogP contribution is 2.35. The van der Waals surface area contributed by atoms with E-state index in [1.54, 1.807) is 7.11 Å². The van der Waals surface area contributed by atoms with Crippen LogP contribution in [0, 0.1) is 0 Å². The van der Waals surface area contributed by atoms with E-state index in [0.29, 0.717) is 32.6 Å². The summed E-state index contributed by atoms with van der Waals surface area (Å²) in [6.07, 6.45) is 1.43. The Bertz CT molecular complexity index is 661. The number of benzene rings is 2. The quantitative estimate of drug-likeness (QED) is 0.919. The fourth-order valence-electron chi connectivity index (χ4n) is 3.22. The molecule has 126 valence electrons. The Kier molecular flexibility index (Phi) is 5.16. The molecular weight excluding hydrogens is 302 g/mol. The third-order valence-electron chi connectivity index (χ3n) is 4.72. The van der Waals surface area contributed by atoms with Gasteiger partial charge in [0.2, 0.25) is 5.91 Å². The van der Waals surface area contributed by atoms with Gasteiger partial charge in [0.25, 0.3) is 0 Å². The number of ether oxygens (including phenoxy) is 2. The van der Waals surface area contributed by atoms with Gasteiger partial charge in [-0.3, -0.25) is 4.79 Å². The van der Waals surface area contributed by atoms with Gasteiger partial charge in [0.1, 0.15) is 5.75 Å². The summed E-state index contributed by atoms with van der Waals surface area (Å²) in [5, 5.41) is 3.11. The molecule has 1 fully saturated rings. The molecule has 3 rings (SSSR count). The monoisotopic (exact) mass is 325 g/mol. The number of hydrogen-bond donors (Lipinski definition) is 1. The molecule has 4 heteroatoms. The summed E-state index contributed by atoms with van der Waals surface area (Å²) in [5.41, 5.74) is 1.63. The van der Waals surface area contributed by atoms with Crippen LogP contribution in [-0.4, -0.2) is 26.2 Å². The van der Waals surface area contributed by atoms with Gasteiger partial charge in [0, 0.05) is 19.8 Å². The molecule has 0 radical (unpaired) electrons. The Morgan fingerprint density at radius 1 is 1.08 bits per heavy atom. The van der Waals surface area contributed by atoms with Crippen molar-refractivity contribution in [2.45, 2.75) is 24.8 Å². The fourth-order valence-corrected chi connectivity index (χ4v) is 3.22. The molecular formula is C20H23NO3. The molecule has 1 amide bonds. The van der Waals surface area contributed by atoms with E-state index in [-0.39, 0.29) is 5.91 Å². The van der Waals surface area contributed by atoms with Crippen LogP contribution in [0.15, 0.2) is 54.6 Å². The Hall–Kier alpha value is -2.33. The lowest BCUT2D eigenvalue weighted by Gasteiger charge is -2.36. The number of carbonyl (C=O) groups excluding carboxylic acids is 1. The summed E-state index contributed by atoms with van der Waals surface area (Å²) >= 11 is 0. The molecule has 1 saturated heterocycles. The molecule has 0 spiro atoms. The Morgan fingerprint density at radius 3 is 2.38 bits per heavy atom. The first kappa shape index (κ1) is 16.5. The minimum absolute atomic E-state index is 0.0767. The maximum absolute atomic E-state index is 13.0. The van der Waals surface area contributed by atoms with Gasteiger partial charge in [-0.15, -0.1) is 0 Å². The Balaban J connectivity index is 1.74. The highest BCUT2D eigenvalue weighted by Gasteiger charge is 2.41. The number of methoxy groups -OCH3 is 1. The lowest BCUT2D eigenvalue weighted by atomic mass is 9.73. The van der Waals surface area contributed by atoms with Gasteiger partial charge in [-0.25, -0.2) is 0 Å². The van der Waals surface area contributed by atoms with Crippen molar-refractivity contribution in [3.8, 4) is 5.75 Å². The number of hydrogen-bond acceptors (Lipinski definition) is 3. The topological polar surface area (TPSA) is 47.6 Å². The molecule has 0 saturated carbocycles. The van der Waals surface area contributed by atoms with Crippen LogP contribution in [-0.2, 0) is 21.5 Å². The Morgan fingerprint density at radius 2 is 1.75 bits per heavy atom. The van der Waals surface area contributed by atoms with E-state index in [0.717, 1.165) is 16.9 Å². The van der Waals surface area contributed by atoms with Crippen molar-refractivity contribution >= 4 is 5.91 Å². The standard InChI is InChI=1S/C20H23NO3/c1-23-18-9-7-16(8-10-18)15-21-19(22)20(11-13-24-14-12-20)17-5-3-2-4-6-17/h2-10H,11-15H2,1H3,(H,21,22). The van der Waals surface area contributed by atoms with Crippen molar-refractivity contribution in [2.24, 2.45) is 0 Å². The second-order valence-electron chi connectivity index (χ2n) is 6.09. The van der Waals surface area contributed by atoms with Crippen molar-refractivity contribution in [2.75, 3.05) is 20.3 Å². The molecule has 0 atom stereocenters. The van der Waals surface area contributed by atoms with E-state index in [4.69, 9.17) is 9.47 Å². The first-order valence-corrected chi connectivity index (χ1v) is 8.29. The van der Waals surface area contributed by atoms with Crippen LogP contribution in [0.3, 0.4) is 0 Å². The van der Waals surface area contributed by atoms with Crippen LogP contribution in [0.4, 0.5) is 0 Å². The van der Waals surface area contributed by atoms with E-state index < -0.39 is 5.41 Å². The molecule has 0 bridgehead atoms. The molecule has 1 aliphatic heterocycles. The maximum atomic E-state index is 13.0. The average molecular weight is 325 g/mol. The van der Waals surface area contributed by atoms with Gasteiger partial charge < -0.3 is 14.8 Å². The number of rotatable bonds is 5. The largest absolute Gasteiger partial charge is 0.497 e. The molecule has 1 aliphatic rings. The third-order valence-corrected chi connectivity index (χ3v) is 4.72. The van der Waals surface area contributed by atoms with Gasteiger partial charge in [0.15, 0.2) is 0 Å². The van der Waals surface area contributed by atoms with Gasteiger partial charge in [-0.1, -0.05) is 42.5 Å². The third kappa shape index (κ3) is 3.44. The minimum Gasteiger partial charge on any atom is -0.497 e. The fraction of sp³-hybridized carbons (Fsp3) is 0.350. The zero-order valence-corrected chi connectivity index (χ0v) is 14.0. The molecule has 0 aromatic heterocycles. The van der Waals surface area contributed by atoms with Crippen LogP contribution < -0.4 is 10.1 Å². The predicted octanol–water partition coefficient (Wildman–Crippen LogP) is 3.06. The maximum Gasteiger partial charge on any atom is 0.231 e. The Labute approximate surface area is 142 Å². The van der Waals surface area contributed by atoms with E-state index in [1.165, 1.54) is 0 Å². The molecule has 1 N–H and O–H groups in total. The van der Waals surface area contributed by atoms with E-state index >= 15 is 0 Å². The van der Waals surface area contributed by atoms with Crippen LogP contribution in [0.25, 0.3) is 0 Å². The second-order valence-corrected chi connectivity index (χ2v) is 6.09. The van der Waals surface area contributed by atoms with E-state index in [9.17, 15) is 4.79 Å². The molecule has 4 nitrogen and oxygen atoms in total. The summed E-state index contributed by atoms with van der Waals surface area (Å²) < 4.78 is 10.7. The summed E-state index contributed by atoms with van der Waals surface area (Å²) in [5.74, 6) is 0.892. The van der Waals surface area contributed by atoms with Gasteiger partial charge in [0.05, 0.1) is 12.5 Å². The molecule has 1 heterocycles. The number of carbonyl (C=O) groups is 1. The van der Waals surface area contributed by atoms with Crippen molar-refractivity contribution in [3.63, 3.8) is 0 Å². The van der Waals surface area contributed by atoms with Crippen molar-refractivity contribution in [1.29, 1.82) is 0 Å². The normalized spacial score (nSPS) is 16.4. The summed E-state index contributed by atoms with van der Waals surface area (Å²) in [4.78, 5) is 13.0. The van der Waals surface area contributed by atoms with Gasteiger partial charge >= 0.3 is 0 Å². The molecule has 2 aromatic carbocycles. The highest BCUT2D eigenvalue weighted by atomic mass is 16.5. The summed E-state index contributed by atoms with van der Waals surface area (Å²) in [6.45, 7) is 1.74. The second kappa shape index (κ2) is 7.49. The van der Waals surface area contributed by atoms with Crippen LogP contribution in [0.5, 0.6) is 5.75 Å². The van der Waals surface area contributed by atoms with Crippen molar-refractivity contribution in [1.82, 2.24) is 5.32 Å². The molecule has 0 unspecified atom stereocenters. The zero-order valence-electron chi connectivity index (χ0n) is 14.0. The highest BCUT2D eigenvalue weighted by molar-refractivity contribution is 5.88. The van der Waals surface area contributed by atoms with Crippen molar-refractivity contribution < 1.29 is 14.3 Å². The van der Waals surface area contributed by atoms with Crippen LogP contribution in [0.2, 0.25) is 0 Å². The lowest BCUT2D eigenvalue weighted by Crippen LogP contribution is -2.47. The summed E-state index contributed by atoms with van der Waals surface area (Å²) in [6, 6.07) is 17.8. The average Bonchev–Trinajstić information content (AvgIpc) is 2.67. The van der Waals surface area contributed by atoms with E-state index in [2.05, 4.69) is 5.32 Å². The van der Waals surface area contributed by atoms with Crippen LogP contribution in [0.1, 0.15) is 24.0 Å². The van der Waals surface area contributed by atoms with Gasteiger partial charge in [-0.2, -0.15) is 0 Å². The predicted molar refractivity (Wildman–Crippen MR) is 93.0 cm³/mol. The SMILES string of the molecule is COc1ccc(CNC(=O)C2(c3ccccc3)CCOCC2)cc1. The lowest BCUT2D eigenvalue weighted by molar-refractivity contribution is -0.130. The van der Waals surface area contributed by atoms with E-state index in [1.807, 2.05) is 54.6 Å².